The van der Waals surface area contributed by atoms with Gasteiger partial charge in [0.1, 0.15) is 0 Å². The average Bonchev–Trinajstić information content (AvgIpc) is 3.01. The Morgan fingerprint density at radius 2 is 2.16 bits per heavy atom. The smallest absolute Gasteiger partial charge is 0.274 e. The van der Waals surface area contributed by atoms with Gasteiger partial charge in [0, 0.05) is 23.8 Å². The highest BCUT2D eigenvalue weighted by atomic mass is 35.5. The first-order valence-electron chi connectivity index (χ1n) is 7.54. The van der Waals surface area contributed by atoms with E-state index in [2.05, 4.69) is 20.6 Å². The van der Waals surface area contributed by atoms with Gasteiger partial charge in [-0.2, -0.15) is 0 Å². The van der Waals surface area contributed by atoms with Gasteiger partial charge in [0.05, 0.1) is 18.5 Å². The summed E-state index contributed by atoms with van der Waals surface area (Å²) in [6.07, 6.45) is 1.63. The highest BCUT2D eigenvalue weighted by molar-refractivity contribution is 6.30. The number of hydrogen-bond donors (Lipinski definition) is 1. The summed E-state index contributed by atoms with van der Waals surface area (Å²) in [6.45, 7) is 2.12. The van der Waals surface area contributed by atoms with E-state index in [1.165, 1.54) is 0 Å². The second-order valence-electron chi connectivity index (χ2n) is 5.30. The number of carbonyl (C=O) groups excluding carboxylic acids is 1. The molecule has 3 rings (SSSR count). The van der Waals surface area contributed by atoms with Gasteiger partial charge in [0.15, 0.2) is 5.69 Å². The number of carbonyl (C=O) groups is 1. The van der Waals surface area contributed by atoms with Crippen molar-refractivity contribution in [2.24, 2.45) is 0 Å². The van der Waals surface area contributed by atoms with Crippen molar-refractivity contribution in [1.82, 2.24) is 25.3 Å². The molecule has 128 valence electrons. The Kier molecular flexibility index (Phi) is 4.95. The number of methoxy groups -OCH3 is 1. The number of halogens is 1. The summed E-state index contributed by atoms with van der Waals surface area (Å²) in [7, 11) is 1.54. The molecular formula is C17H16ClN5O2. The van der Waals surface area contributed by atoms with Crippen LogP contribution in [0, 0.1) is 6.92 Å². The summed E-state index contributed by atoms with van der Waals surface area (Å²) in [5.41, 5.74) is 2.52. The van der Waals surface area contributed by atoms with Crippen LogP contribution in [0.25, 0.3) is 5.69 Å². The second kappa shape index (κ2) is 7.31. The second-order valence-corrected chi connectivity index (χ2v) is 5.74. The van der Waals surface area contributed by atoms with Crippen molar-refractivity contribution in [2.45, 2.75) is 13.5 Å². The molecule has 7 nitrogen and oxygen atoms in total. The number of benzene rings is 1. The molecule has 2 aromatic heterocycles. The van der Waals surface area contributed by atoms with Gasteiger partial charge in [0.25, 0.3) is 5.91 Å². The normalized spacial score (nSPS) is 10.5. The zero-order valence-electron chi connectivity index (χ0n) is 13.7. The van der Waals surface area contributed by atoms with E-state index < -0.39 is 0 Å². The van der Waals surface area contributed by atoms with Gasteiger partial charge < -0.3 is 10.1 Å². The minimum absolute atomic E-state index is 0.265. The van der Waals surface area contributed by atoms with E-state index in [4.69, 9.17) is 16.3 Å². The Bertz CT molecular complexity index is 910. The topological polar surface area (TPSA) is 81.9 Å². The zero-order valence-corrected chi connectivity index (χ0v) is 14.5. The molecule has 0 aliphatic carbocycles. The number of nitrogens with one attached hydrogen (secondary N) is 1. The van der Waals surface area contributed by atoms with Crippen molar-refractivity contribution in [3.8, 4) is 11.6 Å². The number of hydrogen-bond acceptors (Lipinski definition) is 5. The third-order valence-corrected chi connectivity index (χ3v) is 3.86. The van der Waals surface area contributed by atoms with Crippen molar-refractivity contribution in [3.05, 3.63) is 64.6 Å². The van der Waals surface area contributed by atoms with Gasteiger partial charge in [-0.25, -0.2) is 9.67 Å². The average molecular weight is 358 g/mol. The molecule has 0 radical (unpaired) electrons. The molecular weight excluding hydrogens is 342 g/mol. The summed E-state index contributed by atoms with van der Waals surface area (Å²) in [6, 6.07) is 10.8. The van der Waals surface area contributed by atoms with Crippen LogP contribution in [-0.4, -0.2) is 33.0 Å². The minimum Gasteiger partial charge on any atom is -0.481 e. The van der Waals surface area contributed by atoms with E-state index in [9.17, 15) is 4.79 Å². The van der Waals surface area contributed by atoms with Crippen molar-refractivity contribution in [3.63, 3.8) is 0 Å². The summed E-state index contributed by atoms with van der Waals surface area (Å²) in [5, 5.41) is 11.4. The first kappa shape index (κ1) is 16.9. The first-order chi connectivity index (χ1) is 12.1. The molecule has 0 spiro atoms. The molecule has 8 heteroatoms. The van der Waals surface area contributed by atoms with E-state index in [-0.39, 0.29) is 11.6 Å². The Morgan fingerprint density at radius 3 is 2.92 bits per heavy atom. The fourth-order valence-electron chi connectivity index (χ4n) is 2.33. The Balaban J connectivity index is 1.74. The van der Waals surface area contributed by atoms with E-state index in [0.717, 1.165) is 11.3 Å². The molecule has 0 aliphatic heterocycles. The van der Waals surface area contributed by atoms with Crippen LogP contribution in [0.15, 0.2) is 42.6 Å². The Labute approximate surface area is 149 Å². The van der Waals surface area contributed by atoms with Crippen LogP contribution < -0.4 is 10.1 Å². The molecule has 0 aliphatic rings. The fourth-order valence-corrected chi connectivity index (χ4v) is 2.51. The van der Waals surface area contributed by atoms with Crippen molar-refractivity contribution >= 4 is 17.5 Å². The number of rotatable bonds is 5. The molecule has 0 fully saturated rings. The van der Waals surface area contributed by atoms with Gasteiger partial charge in [-0.05, 0) is 36.8 Å². The third kappa shape index (κ3) is 3.77. The van der Waals surface area contributed by atoms with E-state index >= 15 is 0 Å². The zero-order chi connectivity index (χ0) is 17.8. The third-order valence-electron chi connectivity index (χ3n) is 3.62. The molecule has 0 saturated carbocycles. The molecule has 0 unspecified atom stereocenters. The van der Waals surface area contributed by atoms with Crippen molar-refractivity contribution < 1.29 is 9.53 Å². The van der Waals surface area contributed by atoms with Crippen LogP contribution >= 0.6 is 11.6 Å². The Hall–Kier alpha value is -2.93. The summed E-state index contributed by atoms with van der Waals surface area (Å²) >= 11 is 6.00. The molecule has 1 amide bonds. The van der Waals surface area contributed by atoms with Crippen LogP contribution in [0.1, 0.15) is 21.7 Å². The minimum atomic E-state index is -0.304. The van der Waals surface area contributed by atoms with E-state index in [1.54, 1.807) is 49.2 Å². The summed E-state index contributed by atoms with van der Waals surface area (Å²) in [5.74, 6) is 0.191. The maximum atomic E-state index is 12.4. The quantitative estimate of drug-likeness (QED) is 0.758. The number of nitrogens with zero attached hydrogens (tertiary/aromatic N) is 4. The maximum Gasteiger partial charge on any atom is 0.274 e. The maximum absolute atomic E-state index is 12.4. The lowest BCUT2D eigenvalue weighted by Gasteiger charge is -2.06. The summed E-state index contributed by atoms with van der Waals surface area (Å²) < 4.78 is 6.65. The summed E-state index contributed by atoms with van der Waals surface area (Å²) in [4.78, 5) is 16.4. The van der Waals surface area contributed by atoms with Crippen LogP contribution in [0.3, 0.4) is 0 Å². The molecule has 0 atom stereocenters. The van der Waals surface area contributed by atoms with Gasteiger partial charge in [0.2, 0.25) is 5.88 Å². The van der Waals surface area contributed by atoms with Crippen LogP contribution in [0.4, 0.5) is 0 Å². The molecule has 1 N–H and O–H groups in total. The lowest BCUT2D eigenvalue weighted by molar-refractivity contribution is 0.0945. The van der Waals surface area contributed by atoms with Crippen LogP contribution in [-0.2, 0) is 6.54 Å². The number of aromatic nitrogens is 4. The monoisotopic (exact) mass is 357 g/mol. The Morgan fingerprint density at radius 1 is 1.32 bits per heavy atom. The van der Waals surface area contributed by atoms with Gasteiger partial charge in [-0.3, -0.25) is 4.79 Å². The highest BCUT2D eigenvalue weighted by Crippen LogP contribution is 2.17. The van der Waals surface area contributed by atoms with Gasteiger partial charge >= 0.3 is 0 Å². The lowest BCUT2D eigenvalue weighted by Crippen LogP contribution is -2.24. The molecule has 3 aromatic rings. The van der Waals surface area contributed by atoms with Gasteiger partial charge in [-0.1, -0.05) is 22.9 Å². The SMILES string of the molecule is COc1cc(CNC(=O)c2nnn(-c3cccc(Cl)c3)c2C)ccn1. The molecule has 2 heterocycles. The predicted molar refractivity (Wildman–Crippen MR) is 93.1 cm³/mol. The molecule has 1 aromatic carbocycles. The highest BCUT2D eigenvalue weighted by Gasteiger charge is 2.17. The molecule has 0 bridgehead atoms. The van der Waals surface area contributed by atoms with Crippen LogP contribution in [0.5, 0.6) is 5.88 Å². The fraction of sp³-hybridized carbons (Fsp3) is 0.176. The van der Waals surface area contributed by atoms with Crippen LogP contribution in [0.2, 0.25) is 5.02 Å². The number of ether oxygens (including phenoxy) is 1. The lowest BCUT2D eigenvalue weighted by atomic mass is 10.2. The van der Waals surface area contributed by atoms with Crippen molar-refractivity contribution in [1.29, 1.82) is 0 Å². The standard InChI is InChI=1S/C17H16ClN5O2/c1-11-16(21-22-23(11)14-5-3-4-13(18)9-14)17(24)20-10-12-6-7-19-15(8-12)25-2/h3-9H,10H2,1-2H3,(H,20,24). The molecule has 0 saturated heterocycles. The van der Waals surface area contributed by atoms with Crippen molar-refractivity contribution in [2.75, 3.05) is 7.11 Å². The van der Waals surface area contributed by atoms with E-state index in [1.807, 2.05) is 12.1 Å². The number of amides is 1. The number of pyridine rings is 1. The molecule has 25 heavy (non-hydrogen) atoms. The van der Waals surface area contributed by atoms with E-state index in [0.29, 0.717) is 23.1 Å². The first-order valence-corrected chi connectivity index (χ1v) is 7.91. The van der Waals surface area contributed by atoms with Gasteiger partial charge in [-0.15, -0.1) is 5.10 Å². The predicted octanol–water partition coefficient (Wildman–Crippen LogP) is 2.56. The largest absolute Gasteiger partial charge is 0.481 e.